The van der Waals surface area contributed by atoms with Crippen LogP contribution in [0.25, 0.3) is 0 Å². The predicted octanol–water partition coefficient (Wildman–Crippen LogP) is 2.52. The maximum absolute atomic E-state index is 12.8. The summed E-state index contributed by atoms with van der Waals surface area (Å²) in [6.07, 6.45) is -11.2. The second kappa shape index (κ2) is 5.54. The lowest BCUT2D eigenvalue weighted by Crippen LogP contribution is -2.22. The first-order valence-corrected chi connectivity index (χ1v) is 5.01. The molecule has 4 nitrogen and oxygen atoms in total. The van der Waals surface area contributed by atoms with Crippen molar-refractivity contribution in [3.63, 3.8) is 0 Å². The number of rotatable bonds is 3. The van der Waals surface area contributed by atoms with Gasteiger partial charge in [-0.1, -0.05) is 0 Å². The predicted molar refractivity (Wildman–Crippen MR) is 53.1 cm³/mol. The molecule has 20 heavy (non-hydrogen) atoms. The maximum Gasteiger partial charge on any atom is 0.573 e. The molecule has 0 spiro atoms. The molecule has 2 N–H and O–H groups in total. The van der Waals surface area contributed by atoms with E-state index in [1.165, 1.54) is 6.07 Å². The van der Waals surface area contributed by atoms with Gasteiger partial charge in [0.1, 0.15) is 5.56 Å². The average Bonchev–Trinajstić information content (AvgIpc) is 2.28. The number of nitriles is 1. The van der Waals surface area contributed by atoms with Gasteiger partial charge in [0.25, 0.3) is 0 Å². The number of hydrogen-bond donors (Lipinski definition) is 1. The molecule has 0 saturated carbocycles. The molecule has 0 aromatic carbocycles. The Morgan fingerprint density at radius 3 is 2.25 bits per heavy atom. The molecular weight excluding hydrogens is 292 g/mol. The van der Waals surface area contributed by atoms with Crippen LogP contribution in [-0.4, -0.2) is 11.3 Å². The fourth-order valence-corrected chi connectivity index (χ4v) is 1.38. The van der Waals surface area contributed by atoms with Crippen LogP contribution in [0.3, 0.4) is 0 Å². The van der Waals surface area contributed by atoms with Gasteiger partial charge in [-0.25, -0.2) is 0 Å². The number of pyridine rings is 1. The molecule has 0 saturated heterocycles. The molecule has 0 amide bonds. The number of hydrogen-bond acceptors (Lipinski definition) is 4. The van der Waals surface area contributed by atoms with Crippen LogP contribution in [-0.2, 0) is 19.1 Å². The van der Waals surface area contributed by atoms with Crippen LogP contribution in [0.15, 0.2) is 6.07 Å². The number of ether oxygens (including phenoxy) is 1. The van der Waals surface area contributed by atoms with Gasteiger partial charge in [-0.05, 0) is 6.07 Å². The molecule has 0 aliphatic heterocycles. The molecule has 110 valence electrons. The van der Waals surface area contributed by atoms with E-state index < -0.39 is 42.5 Å². The number of alkyl halides is 6. The van der Waals surface area contributed by atoms with E-state index in [2.05, 4.69) is 9.72 Å². The Bertz CT molecular complexity index is 532. The van der Waals surface area contributed by atoms with E-state index in [9.17, 15) is 26.3 Å². The van der Waals surface area contributed by atoms with E-state index in [4.69, 9.17) is 11.0 Å². The summed E-state index contributed by atoms with van der Waals surface area (Å²) in [5, 5.41) is 8.46. The Morgan fingerprint density at radius 1 is 1.25 bits per heavy atom. The van der Waals surface area contributed by atoms with Crippen molar-refractivity contribution < 1.29 is 31.1 Å². The number of halogens is 6. The van der Waals surface area contributed by atoms with Crippen molar-refractivity contribution in [1.29, 1.82) is 5.26 Å². The van der Waals surface area contributed by atoms with E-state index in [-0.39, 0.29) is 5.69 Å². The van der Waals surface area contributed by atoms with Crippen molar-refractivity contribution in [3.8, 4) is 11.8 Å². The van der Waals surface area contributed by atoms with Gasteiger partial charge in [-0.15, -0.1) is 13.2 Å². The van der Waals surface area contributed by atoms with Crippen molar-refractivity contribution >= 4 is 0 Å². The second-order valence-electron chi connectivity index (χ2n) is 3.52. The maximum atomic E-state index is 12.8. The summed E-state index contributed by atoms with van der Waals surface area (Å²) in [6.45, 7) is -0.423. The first-order valence-electron chi connectivity index (χ1n) is 5.01. The number of nitrogens with zero attached hydrogens (tertiary/aromatic N) is 2. The highest BCUT2D eigenvalue weighted by atomic mass is 19.4. The van der Waals surface area contributed by atoms with Gasteiger partial charge in [0.05, 0.1) is 23.9 Å². The zero-order valence-corrected chi connectivity index (χ0v) is 9.64. The monoisotopic (exact) mass is 299 g/mol. The molecule has 1 rings (SSSR count). The first-order chi connectivity index (χ1) is 9.08. The topological polar surface area (TPSA) is 71.9 Å². The Kier molecular flexibility index (Phi) is 4.44. The van der Waals surface area contributed by atoms with Gasteiger partial charge in [-0.3, -0.25) is 4.98 Å². The SMILES string of the molecule is N#CCc1nc(CN)cc(C(F)(F)F)c1OC(F)(F)F. The van der Waals surface area contributed by atoms with Gasteiger partial charge >= 0.3 is 12.5 Å². The highest BCUT2D eigenvalue weighted by molar-refractivity contribution is 5.42. The summed E-state index contributed by atoms with van der Waals surface area (Å²) < 4.78 is 78.2. The molecule has 1 aromatic rings. The van der Waals surface area contributed by atoms with Gasteiger partial charge in [0.15, 0.2) is 5.75 Å². The quantitative estimate of drug-likeness (QED) is 0.870. The Balaban J connectivity index is 3.52. The fraction of sp³-hybridized carbons (Fsp3) is 0.400. The van der Waals surface area contributed by atoms with Crippen molar-refractivity contribution in [2.75, 3.05) is 0 Å². The number of aromatic nitrogens is 1. The largest absolute Gasteiger partial charge is 0.573 e. The molecule has 0 fully saturated rings. The Hall–Kier alpha value is -2.02. The molecule has 0 bridgehead atoms. The normalized spacial score (nSPS) is 12.1. The molecular formula is C10H7F6N3O. The van der Waals surface area contributed by atoms with E-state index in [0.717, 1.165) is 0 Å². The van der Waals surface area contributed by atoms with Crippen LogP contribution < -0.4 is 10.5 Å². The molecule has 0 atom stereocenters. The molecule has 0 aliphatic carbocycles. The van der Waals surface area contributed by atoms with Crippen molar-refractivity contribution in [2.24, 2.45) is 5.73 Å². The van der Waals surface area contributed by atoms with Crippen molar-refractivity contribution in [3.05, 3.63) is 23.0 Å². The zero-order valence-electron chi connectivity index (χ0n) is 9.64. The summed E-state index contributed by atoms with van der Waals surface area (Å²) >= 11 is 0. The molecule has 0 unspecified atom stereocenters. The molecule has 0 radical (unpaired) electrons. The van der Waals surface area contributed by atoms with Crippen LogP contribution in [0, 0.1) is 11.3 Å². The molecule has 10 heteroatoms. The summed E-state index contributed by atoms with van der Waals surface area (Å²) in [7, 11) is 0. The van der Waals surface area contributed by atoms with Crippen molar-refractivity contribution in [2.45, 2.75) is 25.5 Å². The second-order valence-corrected chi connectivity index (χ2v) is 3.52. The summed E-state index contributed by atoms with van der Waals surface area (Å²) in [5.74, 6) is -1.52. The minimum atomic E-state index is -5.34. The standard InChI is InChI=1S/C10H7F6N3O/c11-9(12,13)6-3-5(4-18)19-7(1-2-17)8(6)20-10(14,15)16/h3H,1,4,18H2. The third kappa shape index (κ3) is 3.99. The summed E-state index contributed by atoms with van der Waals surface area (Å²) in [4.78, 5) is 3.47. The van der Waals surface area contributed by atoms with Crippen LogP contribution in [0.2, 0.25) is 0 Å². The minimum absolute atomic E-state index is 0.294. The molecule has 1 heterocycles. The lowest BCUT2D eigenvalue weighted by atomic mass is 10.1. The van der Waals surface area contributed by atoms with Gasteiger partial charge < -0.3 is 10.5 Å². The third-order valence-corrected chi connectivity index (χ3v) is 2.08. The van der Waals surface area contributed by atoms with E-state index in [1.807, 2.05) is 0 Å². The van der Waals surface area contributed by atoms with E-state index in [1.54, 1.807) is 0 Å². The van der Waals surface area contributed by atoms with Crippen LogP contribution in [0.4, 0.5) is 26.3 Å². The van der Waals surface area contributed by atoms with Crippen LogP contribution in [0.5, 0.6) is 5.75 Å². The third-order valence-electron chi connectivity index (χ3n) is 2.08. The molecule has 0 aliphatic rings. The molecule has 1 aromatic heterocycles. The average molecular weight is 299 g/mol. The van der Waals surface area contributed by atoms with E-state index >= 15 is 0 Å². The minimum Gasteiger partial charge on any atom is -0.403 e. The van der Waals surface area contributed by atoms with Crippen LogP contribution >= 0.6 is 0 Å². The summed E-state index contributed by atoms with van der Waals surface area (Å²) in [6, 6.07) is 1.79. The first kappa shape index (κ1) is 16.0. The highest BCUT2D eigenvalue weighted by Gasteiger charge is 2.41. The van der Waals surface area contributed by atoms with Gasteiger partial charge in [0.2, 0.25) is 0 Å². The summed E-state index contributed by atoms with van der Waals surface area (Å²) in [5.41, 5.74) is 2.40. The Morgan fingerprint density at radius 2 is 1.85 bits per heavy atom. The van der Waals surface area contributed by atoms with Gasteiger partial charge in [-0.2, -0.15) is 18.4 Å². The lowest BCUT2D eigenvalue weighted by Gasteiger charge is -2.18. The fourth-order valence-electron chi connectivity index (χ4n) is 1.38. The van der Waals surface area contributed by atoms with Crippen LogP contribution in [0.1, 0.15) is 17.0 Å². The number of nitrogens with two attached hydrogens (primary N) is 1. The Labute approximate surface area is 108 Å². The smallest absolute Gasteiger partial charge is 0.403 e. The zero-order chi connectivity index (χ0) is 15.6. The van der Waals surface area contributed by atoms with Gasteiger partial charge in [0, 0.05) is 6.54 Å². The van der Waals surface area contributed by atoms with Crippen molar-refractivity contribution in [1.82, 2.24) is 4.98 Å². The van der Waals surface area contributed by atoms with E-state index in [0.29, 0.717) is 6.07 Å². The highest BCUT2D eigenvalue weighted by Crippen LogP contribution is 2.40. The lowest BCUT2D eigenvalue weighted by molar-refractivity contribution is -0.276.